The van der Waals surface area contributed by atoms with Crippen molar-refractivity contribution in [1.29, 1.82) is 0 Å². The standard InChI is InChI=1S/C3H8O3/c4-1-3(6)2-5/h3-6H,1-2H2/i1+1/t3-/m1/s1. The molecule has 0 bridgehead atoms. The number of aliphatic hydroxyl groups excluding tert-OH is 3. The molecule has 0 fully saturated rings. The SMILES string of the molecule is OC[C@H](O)[13CH2]O. The second kappa shape index (κ2) is 3.08. The molecule has 3 nitrogen and oxygen atoms in total. The summed E-state index contributed by atoms with van der Waals surface area (Å²) in [4.78, 5) is 0. The first-order valence-corrected chi connectivity index (χ1v) is 1.71. The molecule has 0 amide bonds. The van der Waals surface area contributed by atoms with E-state index in [1.54, 1.807) is 0 Å². The van der Waals surface area contributed by atoms with E-state index in [0.29, 0.717) is 0 Å². The Kier molecular flexibility index (Phi) is 3.02. The van der Waals surface area contributed by atoms with Gasteiger partial charge in [-0.2, -0.15) is 0 Å². The van der Waals surface area contributed by atoms with Gasteiger partial charge in [-0.1, -0.05) is 0 Å². The number of hydrogen-bond donors (Lipinski definition) is 3. The van der Waals surface area contributed by atoms with Gasteiger partial charge < -0.3 is 15.3 Å². The van der Waals surface area contributed by atoms with Gasteiger partial charge in [-0.3, -0.25) is 0 Å². The van der Waals surface area contributed by atoms with Crippen LogP contribution in [0.2, 0.25) is 0 Å². The molecule has 0 aromatic heterocycles. The van der Waals surface area contributed by atoms with Crippen LogP contribution in [0.4, 0.5) is 0 Å². The van der Waals surface area contributed by atoms with Crippen molar-refractivity contribution in [3.8, 4) is 0 Å². The van der Waals surface area contributed by atoms with Gasteiger partial charge in [-0.25, -0.2) is 0 Å². The molecule has 0 rings (SSSR count). The number of aliphatic hydroxyl groups is 3. The molecule has 0 spiro atoms. The Balaban J connectivity index is 2.75. The maximum atomic E-state index is 8.17. The second-order valence-electron chi connectivity index (χ2n) is 1.02. The third-order valence-corrected chi connectivity index (χ3v) is 0.421. The first kappa shape index (κ1) is 5.88. The van der Waals surface area contributed by atoms with Gasteiger partial charge in [0.15, 0.2) is 0 Å². The summed E-state index contributed by atoms with van der Waals surface area (Å²) in [5.41, 5.74) is 0. The summed E-state index contributed by atoms with van der Waals surface area (Å²) < 4.78 is 0. The summed E-state index contributed by atoms with van der Waals surface area (Å²) in [6.45, 7) is -0.729. The Hall–Kier alpha value is -0.120. The zero-order chi connectivity index (χ0) is 4.99. The topological polar surface area (TPSA) is 60.7 Å². The zero-order valence-corrected chi connectivity index (χ0v) is 3.33. The summed E-state index contributed by atoms with van der Waals surface area (Å²) >= 11 is 0. The fourth-order valence-corrected chi connectivity index (χ4v) is 0.0577. The van der Waals surface area contributed by atoms with Crippen molar-refractivity contribution in [2.45, 2.75) is 6.10 Å². The van der Waals surface area contributed by atoms with E-state index in [1.165, 1.54) is 0 Å². The monoisotopic (exact) mass is 93.1 g/mol. The molecule has 0 unspecified atom stereocenters. The molecule has 0 aliphatic heterocycles. The molecule has 0 aromatic carbocycles. The minimum absolute atomic E-state index is 0.365. The minimum atomic E-state index is -0.954. The van der Waals surface area contributed by atoms with Crippen LogP contribution in [0.25, 0.3) is 0 Å². The lowest BCUT2D eigenvalue weighted by Crippen LogP contribution is -2.15. The average molecular weight is 93.1 g/mol. The molecule has 0 aliphatic rings. The van der Waals surface area contributed by atoms with Gasteiger partial charge in [0.2, 0.25) is 0 Å². The van der Waals surface area contributed by atoms with Crippen LogP contribution in [-0.2, 0) is 0 Å². The van der Waals surface area contributed by atoms with Crippen molar-refractivity contribution < 1.29 is 15.3 Å². The fraction of sp³-hybridized carbons (Fsp3) is 1.00. The van der Waals surface area contributed by atoms with Crippen LogP contribution in [0.5, 0.6) is 0 Å². The van der Waals surface area contributed by atoms with Gasteiger partial charge in [0.1, 0.15) is 6.10 Å². The summed E-state index contributed by atoms with van der Waals surface area (Å²) in [5, 5.41) is 24.0. The normalized spacial score (nSPS) is 14.5. The maximum absolute atomic E-state index is 8.17. The Labute approximate surface area is 35.9 Å². The lowest BCUT2D eigenvalue weighted by molar-refractivity contribution is 0.0450. The summed E-state index contributed by atoms with van der Waals surface area (Å²) in [5.74, 6) is 0. The van der Waals surface area contributed by atoms with E-state index in [4.69, 9.17) is 15.3 Å². The highest BCUT2D eigenvalue weighted by molar-refractivity contribution is 4.43. The Bertz CT molecular complexity index is 25.2. The molecule has 3 heteroatoms. The smallest absolute Gasteiger partial charge is 0.100 e. The zero-order valence-electron chi connectivity index (χ0n) is 3.33. The fourth-order valence-electron chi connectivity index (χ4n) is 0.0577. The molecule has 0 heterocycles. The molecular weight excluding hydrogens is 85.0 g/mol. The van der Waals surface area contributed by atoms with Crippen LogP contribution in [0.15, 0.2) is 0 Å². The third-order valence-electron chi connectivity index (χ3n) is 0.421. The minimum Gasteiger partial charge on any atom is -0.394 e. The van der Waals surface area contributed by atoms with E-state index >= 15 is 0 Å². The van der Waals surface area contributed by atoms with Crippen LogP contribution >= 0.6 is 0 Å². The van der Waals surface area contributed by atoms with Crippen LogP contribution in [-0.4, -0.2) is 34.6 Å². The van der Waals surface area contributed by atoms with Gasteiger partial charge in [0.25, 0.3) is 0 Å². The third kappa shape index (κ3) is 2.14. The van der Waals surface area contributed by atoms with Crippen molar-refractivity contribution in [3.05, 3.63) is 0 Å². The summed E-state index contributed by atoms with van der Waals surface area (Å²) in [7, 11) is 0. The van der Waals surface area contributed by atoms with Crippen LogP contribution in [0, 0.1) is 0 Å². The van der Waals surface area contributed by atoms with E-state index < -0.39 is 6.10 Å². The van der Waals surface area contributed by atoms with E-state index in [2.05, 4.69) is 0 Å². The van der Waals surface area contributed by atoms with E-state index in [0.717, 1.165) is 0 Å². The molecule has 6 heavy (non-hydrogen) atoms. The highest BCUT2D eigenvalue weighted by Crippen LogP contribution is 1.71. The maximum Gasteiger partial charge on any atom is 0.100 e. The van der Waals surface area contributed by atoms with Crippen molar-refractivity contribution in [3.63, 3.8) is 0 Å². The summed E-state index contributed by atoms with van der Waals surface area (Å²) in [6.07, 6.45) is -0.954. The van der Waals surface area contributed by atoms with E-state index in [-0.39, 0.29) is 13.2 Å². The Morgan fingerprint density at radius 1 is 1.17 bits per heavy atom. The predicted octanol–water partition coefficient (Wildman–Crippen LogP) is -1.67. The van der Waals surface area contributed by atoms with E-state index in [1.807, 2.05) is 0 Å². The molecule has 3 N–H and O–H groups in total. The van der Waals surface area contributed by atoms with Crippen molar-refractivity contribution in [1.82, 2.24) is 0 Å². The van der Waals surface area contributed by atoms with Crippen molar-refractivity contribution in [2.24, 2.45) is 0 Å². The van der Waals surface area contributed by atoms with Gasteiger partial charge in [-0.15, -0.1) is 0 Å². The van der Waals surface area contributed by atoms with E-state index in [9.17, 15) is 0 Å². The van der Waals surface area contributed by atoms with Gasteiger partial charge in [0, 0.05) is 0 Å². The molecule has 38 valence electrons. The largest absolute Gasteiger partial charge is 0.394 e. The molecular formula is C3H8O3. The van der Waals surface area contributed by atoms with Gasteiger partial charge >= 0.3 is 0 Å². The Morgan fingerprint density at radius 3 is 1.50 bits per heavy atom. The quantitative estimate of drug-likeness (QED) is 0.358. The average Bonchev–Trinajstić information content (AvgIpc) is 1.65. The predicted molar refractivity (Wildman–Crippen MR) is 20.2 cm³/mol. The van der Waals surface area contributed by atoms with Crippen molar-refractivity contribution >= 4 is 0 Å². The van der Waals surface area contributed by atoms with Gasteiger partial charge in [-0.05, 0) is 0 Å². The molecule has 0 aromatic rings. The van der Waals surface area contributed by atoms with Crippen molar-refractivity contribution in [2.75, 3.05) is 13.2 Å². The molecule has 0 saturated heterocycles. The van der Waals surface area contributed by atoms with Gasteiger partial charge in [0.05, 0.1) is 13.2 Å². The van der Waals surface area contributed by atoms with Crippen LogP contribution < -0.4 is 0 Å². The summed E-state index contributed by atoms with van der Waals surface area (Å²) in [6, 6.07) is 0. The Morgan fingerprint density at radius 2 is 1.50 bits per heavy atom. The first-order valence-electron chi connectivity index (χ1n) is 1.71. The lowest BCUT2D eigenvalue weighted by Gasteiger charge is -1.96. The molecule has 1 atom stereocenters. The van der Waals surface area contributed by atoms with Crippen LogP contribution in [0.1, 0.15) is 0 Å². The highest BCUT2D eigenvalue weighted by Gasteiger charge is 1.93. The number of rotatable bonds is 2. The lowest BCUT2D eigenvalue weighted by atomic mass is 10.6. The first-order chi connectivity index (χ1) is 2.81. The van der Waals surface area contributed by atoms with Crippen LogP contribution in [0.3, 0.4) is 0 Å². The second-order valence-corrected chi connectivity index (χ2v) is 1.02. The number of hydrogen-bond acceptors (Lipinski definition) is 3. The molecule has 0 aliphatic carbocycles. The molecule has 0 radical (unpaired) electrons. The molecule has 0 saturated carbocycles. The highest BCUT2D eigenvalue weighted by atomic mass is 16.4.